The molecule has 0 fully saturated rings. The first-order chi connectivity index (χ1) is 9.72. The zero-order valence-electron chi connectivity index (χ0n) is 11.7. The molecule has 1 atom stereocenters. The molecule has 0 aliphatic carbocycles. The van der Waals surface area contributed by atoms with Gasteiger partial charge < -0.3 is 10.6 Å². The minimum absolute atomic E-state index is 0.00439. The van der Waals surface area contributed by atoms with Gasteiger partial charge in [-0.15, -0.1) is 11.3 Å². The minimum atomic E-state index is -0.570. The number of hydrogen-bond donors (Lipinski definition) is 1. The number of thiophene rings is 1. The number of rotatable bonds is 6. The Morgan fingerprint density at radius 1 is 1.25 bits per heavy atom. The predicted molar refractivity (Wildman–Crippen MR) is 83.6 cm³/mol. The van der Waals surface area contributed by atoms with Crippen LogP contribution < -0.4 is 5.73 Å². The first kappa shape index (κ1) is 14.8. The summed E-state index contributed by atoms with van der Waals surface area (Å²) in [5, 5.41) is 2.06. The van der Waals surface area contributed by atoms with Crippen LogP contribution in [0.4, 0.5) is 0 Å². The average Bonchev–Trinajstić information content (AvgIpc) is 3.01. The number of carbonyl (C=O) groups excluding carboxylic acids is 1. The summed E-state index contributed by atoms with van der Waals surface area (Å²) in [6, 6.07) is 13.1. The summed E-state index contributed by atoms with van der Waals surface area (Å²) in [4.78, 5) is 15.6. The molecule has 1 unspecified atom stereocenters. The molecule has 3 nitrogen and oxygen atoms in total. The summed E-state index contributed by atoms with van der Waals surface area (Å²) < 4.78 is 0. The van der Waals surface area contributed by atoms with Crippen molar-refractivity contribution in [1.82, 2.24) is 4.90 Å². The fraction of sp³-hybridized carbons (Fsp3) is 0.312. The summed E-state index contributed by atoms with van der Waals surface area (Å²) in [7, 11) is 0. The molecule has 106 valence electrons. The number of likely N-dealkylation sites (N-methyl/N-ethyl adjacent to an activating group) is 1. The molecule has 1 aromatic heterocycles. The van der Waals surface area contributed by atoms with Crippen molar-refractivity contribution in [3.05, 3.63) is 58.3 Å². The molecule has 0 radical (unpaired) electrons. The van der Waals surface area contributed by atoms with Gasteiger partial charge in [0.2, 0.25) is 5.91 Å². The van der Waals surface area contributed by atoms with Crippen LogP contribution in [0.1, 0.15) is 23.4 Å². The zero-order chi connectivity index (χ0) is 14.4. The lowest BCUT2D eigenvalue weighted by atomic mass is 10.1. The molecular weight excluding hydrogens is 268 g/mol. The second kappa shape index (κ2) is 7.22. The second-order valence-corrected chi connectivity index (χ2v) is 5.67. The van der Waals surface area contributed by atoms with E-state index in [2.05, 4.69) is 11.4 Å². The van der Waals surface area contributed by atoms with Crippen LogP contribution >= 0.6 is 11.3 Å². The summed E-state index contributed by atoms with van der Waals surface area (Å²) in [5.41, 5.74) is 6.94. The van der Waals surface area contributed by atoms with E-state index in [-0.39, 0.29) is 5.91 Å². The molecule has 4 heteroatoms. The summed E-state index contributed by atoms with van der Waals surface area (Å²) >= 11 is 1.72. The quantitative estimate of drug-likeness (QED) is 0.888. The Hall–Kier alpha value is -1.65. The SMILES string of the molecule is CCN(CCc1cccs1)C(=O)C(N)c1ccccc1. The van der Waals surface area contributed by atoms with Gasteiger partial charge in [-0.25, -0.2) is 0 Å². The second-order valence-electron chi connectivity index (χ2n) is 4.64. The number of nitrogens with two attached hydrogens (primary N) is 1. The van der Waals surface area contributed by atoms with Gasteiger partial charge in [0.1, 0.15) is 6.04 Å². The van der Waals surface area contributed by atoms with E-state index in [0.717, 1.165) is 18.5 Å². The first-order valence-electron chi connectivity index (χ1n) is 6.84. The smallest absolute Gasteiger partial charge is 0.244 e. The van der Waals surface area contributed by atoms with E-state index < -0.39 is 6.04 Å². The fourth-order valence-corrected chi connectivity index (χ4v) is 2.82. The highest BCUT2D eigenvalue weighted by atomic mass is 32.1. The highest BCUT2D eigenvalue weighted by Gasteiger charge is 2.21. The van der Waals surface area contributed by atoms with Crippen molar-refractivity contribution < 1.29 is 4.79 Å². The van der Waals surface area contributed by atoms with Gasteiger partial charge in [0.15, 0.2) is 0 Å². The van der Waals surface area contributed by atoms with Crippen LogP contribution in [0.25, 0.3) is 0 Å². The van der Waals surface area contributed by atoms with E-state index >= 15 is 0 Å². The Morgan fingerprint density at radius 2 is 2.00 bits per heavy atom. The van der Waals surface area contributed by atoms with Crippen molar-refractivity contribution in [3.8, 4) is 0 Å². The molecule has 0 bridgehead atoms. The van der Waals surface area contributed by atoms with Crippen molar-refractivity contribution in [1.29, 1.82) is 0 Å². The number of carbonyl (C=O) groups is 1. The normalized spacial score (nSPS) is 12.1. The third-order valence-corrected chi connectivity index (χ3v) is 4.26. The van der Waals surface area contributed by atoms with Crippen molar-refractivity contribution >= 4 is 17.2 Å². The van der Waals surface area contributed by atoms with E-state index in [1.165, 1.54) is 4.88 Å². The third kappa shape index (κ3) is 3.68. The number of benzene rings is 1. The van der Waals surface area contributed by atoms with Gasteiger partial charge in [0, 0.05) is 18.0 Å². The van der Waals surface area contributed by atoms with Gasteiger partial charge in [-0.2, -0.15) is 0 Å². The van der Waals surface area contributed by atoms with Gasteiger partial charge in [-0.3, -0.25) is 4.79 Å². The molecule has 0 aliphatic heterocycles. The molecule has 1 heterocycles. The molecule has 20 heavy (non-hydrogen) atoms. The Kier molecular flexibility index (Phi) is 5.32. The molecule has 1 aromatic carbocycles. The highest BCUT2D eigenvalue weighted by Crippen LogP contribution is 2.14. The molecule has 2 rings (SSSR count). The molecule has 2 N–H and O–H groups in total. The third-order valence-electron chi connectivity index (χ3n) is 3.33. The first-order valence-corrected chi connectivity index (χ1v) is 7.72. The number of hydrogen-bond acceptors (Lipinski definition) is 3. The van der Waals surface area contributed by atoms with E-state index in [1.54, 1.807) is 11.3 Å². The molecular formula is C16H20N2OS. The van der Waals surface area contributed by atoms with Crippen LogP contribution in [0.5, 0.6) is 0 Å². The lowest BCUT2D eigenvalue weighted by Gasteiger charge is -2.24. The van der Waals surface area contributed by atoms with E-state index in [1.807, 2.05) is 48.2 Å². The van der Waals surface area contributed by atoms with Crippen LogP contribution in [0.3, 0.4) is 0 Å². The predicted octanol–water partition coefficient (Wildman–Crippen LogP) is 2.84. The lowest BCUT2D eigenvalue weighted by Crippen LogP contribution is -2.39. The van der Waals surface area contributed by atoms with Gasteiger partial charge in [-0.1, -0.05) is 36.4 Å². The van der Waals surface area contributed by atoms with Crippen molar-refractivity contribution in [3.63, 3.8) is 0 Å². The van der Waals surface area contributed by atoms with Crippen LogP contribution in [-0.2, 0) is 11.2 Å². The number of nitrogens with zero attached hydrogens (tertiary/aromatic N) is 1. The minimum Gasteiger partial charge on any atom is -0.341 e. The molecule has 2 aromatic rings. The highest BCUT2D eigenvalue weighted by molar-refractivity contribution is 7.09. The Bertz CT molecular complexity index is 525. The summed E-state index contributed by atoms with van der Waals surface area (Å²) in [6.07, 6.45) is 0.888. The van der Waals surface area contributed by atoms with E-state index in [0.29, 0.717) is 6.54 Å². The largest absolute Gasteiger partial charge is 0.341 e. The van der Waals surface area contributed by atoms with Crippen LogP contribution in [0.15, 0.2) is 47.8 Å². The van der Waals surface area contributed by atoms with Crippen molar-refractivity contribution in [2.45, 2.75) is 19.4 Å². The molecule has 0 saturated heterocycles. The van der Waals surface area contributed by atoms with Gasteiger partial charge in [0.05, 0.1) is 0 Å². The zero-order valence-corrected chi connectivity index (χ0v) is 12.5. The maximum atomic E-state index is 12.4. The Balaban J connectivity index is 1.98. The van der Waals surface area contributed by atoms with E-state index in [9.17, 15) is 4.79 Å². The topological polar surface area (TPSA) is 46.3 Å². The van der Waals surface area contributed by atoms with Gasteiger partial charge in [0.25, 0.3) is 0 Å². The molecule has 0 aliphatic rings. The summed E-state index contributed by atoms with van der Waals surface area (Å²) in [5.74, 6) is -0.00439. The van der Waals surface area contributed by atoms with Crippen LogP contribution in [0, 0.1) is 0 Å². The van der Waals surface area contributed by atoms with E-state index in [4.69, 9.17) is 5.73 Å². The Morgan fingerprint density at radius 3 is 2.60 bits per heavy atom. The van der Waals surface area contributed by atoms with Crippen molar-refractivity contribution in [2.75, 3.05) is 13.1 Å². The van der Waals surface area contributed by atoms with Gasteiger partial charge in [-0.05, 0) is 30.4 Å². The Labute approximate surface area is 124 Å². The standard InChI is InChI=1S/C16H20N2OS/c1-2-18(11-10-14-9-6-12-20-14)16(19)15(17)13-7-4-3-5-8-13/h3-9,12,15H,2,10-11,17H2,1H3. The summed E-state index contributed by atoms with van der Waals surface area (Å²) in [6.45, 7) is 3.39. The average molecular weight is 288 g/mol. The molecule has 0 saturated carbocycles. The maximum Gasteiger partial charge on any atom is 0.244 e. The monoisotopic (exact) mass is 288 g/mol. The van der Waals surface area contributed by atoms with Crippen LogP contribution in [0.2, 0.25) is 0 Å². The van der Waals surface area contributed by atoms with Gasteiger partial charge >= 0.3 is 0 Å². The number of amides is 1. The molecule has 1 amide bonds. The fourth-order valence-electron chi connectivity index (χ4n) is 2.12. The van der Waals surface area contributed by atoms with Crippen LogP contribution in [-0.4, -0.2) is 23.9 Å². The molecule has 0 spiro atoms. The maximum absolute atomic E-state index is 12.4. The van der Waals surface area contributed by atoms with Crippen molar-refractivity contribution in [2.24, 2.45) is 5.73 Å². The lowest BCUT2D eigenvalue weighted by molar-refractivity contribution is -0.132.